The van der Waals surface area contributed by atoms with Gasteiger partial charge in [-0.25, -0.2) is 14.9 Å². The summed E-state index contributed by atoms with van der Waals surface area (Å²) in [5, 5.41) is 4.44. The molecular formula is C28H27N3O3. The molecule has 3 heterocycles. The maximum Gasteiger partial charge on any atom is 0.261 e. The van der Waals surface area contributed by atoms with Crippen LogP contribution in [0.2, 0.25) is 0 Å². The molecule has 0 aliphatic carbocycles. The van der Waals surface area contributed by atoms with Gasteiger partial charge in [-0.05, 0) is 48.7 Å². The standard InChI is InChI=1S/C28H27N3O3/c1-2-34-23-16-14-22(15-17-23)31-26(32)24-25(20-10-5-3-6-11-20)29-18-9-19-30(29)28(24,27(31)33)21-12-7-4-8-13-21/h3-8,10-17,24-25H,2,9,18-19H2,1H3. The van der Waals surface area contributed by atoms with E-state index < -0.39 is 11.5 Å². The van der Waals surface area contributed by atoms with E-state index in [1.165, 1.54) is 4.90 Å². The van der Waals surface area contributed by atoms with Crippen LogP contribution in [0.3, 0.4) is 0 Å². The number of amides is 2. The average Bonchev–Trinajstić information content (AvgIpc) is 3.52. The van der Waals surface area contributed by atoms with E-state index in [1.54, 1.807) is 12.1 Å². The first-order chi connectivity index (χ1) is 16.7. The van der Waals surface area contributed by atoms with Crippen molar-refractivity contribution in [2.75, 3.05) is 24.6 Å². The Labute approximate surface area is 199 Å². The van der Waals surface area contributed by atoms with Crippen molar-refractivity contribution < 1.29 is 14.3 Å². The van der Waals surface area contributed by atoms with E-state index >= 15 is 0 Å². The van der Waals surface area contributed by atoms with E-state index in [-0.39, 0.29) is 17.9 Å². The normalized spacial score (nSPS) is 26.7. The number of benzene rings is 3. The van der Waals surface area contributed by atoms with E-state index in [4.69, 9.17) is 4.74 Å². The number of hydrogen-bond acceptors (Lipinski definition) is 5. The van der Waals surface area contributed by atoms with Gasteiger partial charge in [0.15, 0.2) is 5.54 Å². The van der Waals surface area contributed by atoms with E-state index in [0.717, 1.165) is 36.4 Å². The molecule has 172 valence electrons. The number of carbonyl (C=O) groups is 2. The number of nitrogens with zero attached hydrogens (tertiary/aromatic N) is 3. The van der Waals surface area contributed by atoms with Gasteiger partial charge in [0.2, 0.25) is 5.91 Å². The van der Waals surface area contributed by atoms with Crippen LogP contribution in [0, 0.1) is 5.92 Å². The third kappa shape index (κ3) is 2.82. The van der Waals surface area contributed by atoms with Crippen LogP contribution in [0.25, 0.3) is 0 Å². The molecule has 0 aromatic heterocycles. The van der Waals surface area contributed by atoms with Gasteiger partial charge in [0.05, 0.1) is 24.3 Å². The number of anilines is 1. The lowest BCUT2D eigenvalue weighted by Crippen LogP contribution is -2.52. The second-order valence-corrected chi connectivity index (χ2v) is 9.01. The number of imide groups is 1. The summed E-state index contributed by atoms with van der Waals surface area (Å²) in [5.41, 5.74) is 1.46. The lowest BCUT2D eigenvalue weighted by atomic mass is 9.75. The quantitative estimate of drug-likeness (QED) is 0.544. The Balaban J connectivity index is 1.54. The second-order valence-electron chi connectivity index (χ2n) is 9.01. The van der Waals surface area contributed by atoms with Gasteiger partial charge >= 0.3 is 0 Å². The molecule has 0 spiro atoms. The summed E-state index contributed by atoms with van der Waals surface area (Å²) in [6.07, 6.45) is 0.954. The van der Waals surface area contributed by atoms with Gasteiger partial charge in [-0.1, -0.05) is 60.7 Å². The third-order valence-electron chi connectivity index (χ3n) is 7.34. The van der Waals surface area contributed by atoms with Crippen LogP contribution in [0.1, 0.15) is 30.5 Å². The Hall–Kier alpha value is -3.48. The van der Waals surface area contributed by atoms with E-state index in [0.29, 0.717) is 12.3 Å². The van der Waals surface area contributed by atoms with E-state index in [1.807, 2.05) is 67.6 Å². The zero-order chi connectivity index (χ0) is 23.3. The van der Waals surface area contributed by atoms with Crippen LogP contribution in [-0.2, 0) is 15.1 Å². The topological polar surface area (TPSA) is 53.1 Å². The summed E-state index contributed by atoms with van der Waals surface area (Å²) in [4.78, 5) is 30.1. The van der Waals surface area contributed by atoms with Crippen LogP contribution >= 0.6 is 0 Å². The summed E-state index contributed by atoms with van der Waals surface area (Å²) in [5.74, 6) is -0.155. The van der Waals surface area contributed by atoms with Crippen LogP contribution in [0.5, 0.6) is 5.75 Å². The molecule has 6 heteroatoms. The molecule has 3 aliphatic rings. The first kappa shape index (κ1) is 21.1. The second kappa shape index (κ2) is 8.08. The average molecular weight is 454 g/mol. The van der Waals surface area contributed by atoms with Crippen molar-refractivity contribution in [3.05, 3.63) is 96.1 Å². The summed E-state index contributed by atoms with van der Waals surface area (Å²) in [6, 6.07) is 27.0. The minimum atomic E-state index is -1.06. The lowest BCUT2D eigenvalue weighted by Gasteiger charge is -2.36. The third-order valence-corrected chi connectivity index (χ3v) is 7.34. The van der Waals surface area contributed by atoms with Gasteiger partial charge < -0.3 is 4.74 Å². The van der Waals surface area contributed by atoms with Crippen LogP contribution in [0.15, 0.2) is 84.9 Å². The Morgan fingerprint density at radius 3 is 2.24 bits per heavy atom. The number of carbonyl (C=O) groups excluding carboxylic acids is 2. The number of hydrogen-bond donors (Lipinski definition) is 0. The van der Waals surface area contributed by atoms with Crippen molar-refractivity contribution in [2.24, 2.45) is 5.92 Å². The Morgan fingerprint density at radius 2 is 1.56 bits per heavy atom. The molecule has 3 aromatic carbocycles. The predicted octanol–water partition coefficient (Wildman–Crippen LogP) is 4.15. The molecule has 0 radical (unpaired) electrons. The molecular weight excluding hydrogens is 426 g/mol. The zero-order valence-corrected chi connectivity index (χ0v) is 19.1. The van der Waals surface area contributed by atoms with Gasteiger partial charge in [0.25, 0.3) is 5.91 Å². The van der Waals surface area contributed by atoms with Gasteiger partial charge in [0.1, 0.15) is 5.75 Å². The van der Waals surface area contributed by atoms with Crippen molar-refractivity contribution in [3.63, 3.8) is 0 Å². The highest BCUT2D eigenvalue weighted by molar-refractivity contribution is 6.26. The smallest absolute Gasteiger partial charge is 0.261 e. The highest BCUT2D eigenvalue weighted by atomic mass is 16.5. The van der Waals surface area contributed by atoms with Crippen molar-refractivity contribution in [1.29, 1.82) is 0 Å². The molecule has 3 atom stereocenters. The summed E-state index contributed by atoms with van der Waals surface area (Å²) < 4.78 is 5.57. The van der Waals surface area contributed by atoms with Gasteiger partial charge in [-0.2, -0.15) is 0 Å². The summed E-state index contributed by atoms with van der Waals surface area (Å²) in [7, 11) is 0. The first-order valence-electron chi connectivity index (χ1n) is 11.9. The summed E-state index contributed by atoms with van der Waals surface area (Å²) in [6.45, 7) is 4.06. The van der Waals surface area contributed by atoms with Crippen LogP contribution in [0.4, 0.5) is 5.69 Å². The highest BCUT2D eigenvalue weighted by Crippen LogP contribution is 2.59. The number of rotatable bonds is 5. The molecule has 34 heavy (non-hydrogen) atoms. The molecule has 0 N–H and O–H groups in total. The SMILES string of the molecule is CCOc1ccc(N2C(=O)C3C(c4ccccc4)N4CCCN4C3(c3ccccc3)C2=O)cc1. The Kier molecular flexibility index (Phi) is 5.01. The van der Waals surface area contributed by atoms with Crippen LogP contribution < -0.4 is 9.64 Å². The molecule has 6 rings (SSSR count). The molecule has 2 amide bonds. The molecule has 3 aliphatic heterocycles. The molecule has 0 saturated carbocycles. The number of fused-ring (bicyclic) bond motifs is 3. The minimum Gasteiger partial charge on any atom is -0.494 e. The molecule has 0 bridgehead atoms. The highest BCUT2D eigenvalue weighted by Gasteiger charge is 2.73. The monoisotopic (exact) mass is 453 g/mol. The van der Waals surface area contributed by atoms with Crippen molar-refractivity contribution in [1.82, 2.24) is 10.0 Å². The molecule has 6 nitrogen and oxygen atoms in total. The first-order valence-corrected chi connectivity index (χ1v) is 11.9. The van der Waals surface area contributed by atoms with Gasteiger partial charge in [-0.3, -0.25) is 9.59 Å². The fourth-order valence-corrected chi connectivity index (χ4v) is 6.09. The fraction of sp³-hybridized carbons (Fsp3) is 0.286. The summed E-state index contributed by atoms with van der Waals surface area (Å²) >= 11 is 0. The number of hydrazine groups is 1. The van der Waals surface area contributed by atoms with E-state index in [9.17, 15) is 9.59 Å². The molecule has 3 aromatic rings. The predicted molar refractivity (Wildman–Crippen MR) is 129 cm³/mol. The van der Waals surface area contributed by atoms with Crippen molar-refractivity contribution in [2.45, 2.75) is 24.9 Å². The molecule has 3 unspecified atom stereocenters. The van der Waals surface area contributed by atoms with Crippen molar-refractivity contribution in [3.8, 4) is 5.75 Å². The lowest BCUT2D eigenvalue weighted by molar-refractivity contribution is -0.134. The maximum atomic E-state index is 14.5. The van der Waals surface area contributed by atoms with E-state index in [2.05, 4.69) is 22.2 Å². The largest absolute Gasteiger partial charge is 0.494 e. The van der Waals surface area contributed by atoms with Gasteiger partial charge in [0, 0.05) is 13.1 Å². The Morgan fingerprint density at radius 1 is 0.882 bits per heavy atom. The fourth-order valence-electron chi connectivity index (χ4n) is 6.09. The van der Waals surface area contributed by atoms with Crippen molar-refractivity contribution >= 4 is 17.5 Å². The molecule has 3 fully saturated rings. The van der Waals surface area contributed by atoms with Crippen LogP contribution in [-0.4, -0.2) is 41.5 Å². The zero-order valence-electron chi connectivity index (χ0n) is 19.1. The Bertz CT molecular complexity index is 1210. The minimum absolute atomic E-state index is 0.152. The van der Waals surface area contributed by atoms with Gasteiger partial charge in [-0.15, -0.1) is 0 Å². The maximum absolute atomic E-state index is 14.5. The number of ether oxygens (including phenoxy) is 1. The molecule has 3 saturated heterocycles.